The zero-order chi connectivity index (χ0) is 17.5. The van der Waals surface area contributed by atoms with Crippen LogP contribution in [0.25, 0.3) is 0 Å². The summed E-state index contributed by atoms with van der Waals surface area (Å²) in [4.78, 5) is 19.9. The SMILES string of the molecule is CN=C(NCCCC(=O)N1CCc2ccccc21)NCc1cccs1.I. The first-order valence-electron chi connectivity index (χ1n) is 8.63. The van der Waals surface area contributed by atoms with Gasteiger partial charge in [0.05, 0.1) is 6.54 Å². The van der Waals surface area contributed by atoms with E-state index in [9.17, 15) is 4.79 Å². The lowest BCUT2D eigenvalue weighted by atomic mass is 10.2. The Balaban J connectivity index is 0.00000243. The maximum Gasteiger partial charge on any atom is 0.227 e. The van der Waals surface area contributed by atoms with E-state index in [4.69, 9.17) is 0 Å². The van der Waals surface area contributed by atoms with Gasteiger partial charge in [-0.25, -0.2) is 0 Å². The minimum absolute atomic E-state index is 0. The standard InChI is InChI=1S/C19H24N4OS.HI/c1-20-19(22-14-16-7-5-13-25-16)21-11-4-9-18(24)23-12-10-15-6-2-3-8-17(15)23;/h2-3,5-8,13H,4,9-12,14H2,1H3,(H2,20,21,22);1H. The van der Waals surface area contributed by atoms with E-state index < -0.39 is 0 Å². The molecule has 1 aliphatic heterocycles. The topological polar surface area (TPSA) is 56.7 Å². The van der Waals surface area contributed by atoms with Crippen molar-refractivity contribution in [3.8, 4) is 0 Å². The summed E-state index contributed by atoms with van der Waals surface area (Å²) in [5.74, 6) is 0.973. The number of hydrogen-bond acceptors (Lipinski definition) is 3. The highest BCUT2D eigenvalue weighted by atomic mass is 127. The quantitative estimate of drug-likeness (QED) is 0.286. The van der Waals surface area contributed by atoms with Crippen molar-refractivity contribution in [2.75, 3.05) is 25.0 Å². The predicted octanol–water partition coefficient (Wildman–Crippen LogP) is 3.40. The zero-order valence-electron chi connectivity index (χ0n) is 14.9. The molecule has 2 heterocycles. The highest BCUT2D eigenvalue weighted by Crippen LogP contribution is 2.27. The van der Waals surface area contributed by atoms with Gasteiger partial charge in [0, 0.05) is 37.1 Å². The van der Waals surface area contributed by atoms with Gasteiger partial charge in [-0.3, -0.25) is 9.79 Å². The Morgan fingerprint density at radius 1 is 1.23 bits per heavy atom. The second-order valence-corrected chi connectivity index (χ2v) is 6.99. The first kappa shape index (κ1) is 20.7. The van der Waals surface area contributed by atoms with Gasteiger partial charge in [-0.05, 0) is 35.9 Å². The first-order valence-corrected chi connectivity index (χ1v) is 9.51. The summed E-state index contributed by atoms with van der Waals surface area (Å²) >= 11 is 1.72. The van der Waals surface area contributed by atoms with Gasteiger partial charge in [-0.1, -0.05) is 24.3 Å². The smallest absolute Gasteiger partial charge is 0.227 e. The predicted molar refractivity (Wildman–Crippen MR) is 120 cm³/mol. The zero-order valence-corrected chi connectivity index (χ0v) is 18.1. The molecule has 0 radical (unpaired) electrons. The van der Waals surface area contributed by atoms with Gasteiger partial charge in [0.2, 0.25) is 5.91 Å². The minimum atomic E-state index is 0. The molecular formula is C19H25IN4OS. The number of nitrogens with zero attached hydrogens (tertiary/aromatic N) is 2. The number of benzene rings is 1. The number of rotatable bonds is 6. The molecule has 0 unspecified atom stereocenters. The van der Waals surface area contributed by atoms with E-state index in [1.807, 2.05) is 29.2 Å². The molecule has 2 aromatic rings. The second kappa shape index (κ2) is 10.5. The highest BCUT2D eigenvalue weighted by Gasteiger charge is 2.23. The van der Waals surface area contributed by atoms with Crippen LogP contribution in [0.5, 0.6) is 0 Å². The molecule has 0 fully saturated rings. The van der Waals surface area contributed by atoms with Gasteiger partial charge in [-0.15, -0.1) is 35.3 Å². The Labute approximate surface area is 175 Å². The van der Waals surface area contributed by atoms with Crippen molar-refractivity contribution in [1.29, 1.82) is 0 Å². The molecule has 3 rings (SSSR count). The van der Waals surface area contributed by atoms with Crippen LogP contribution in [0.1, 0.15) is 23.3 Å². The Hall–Kier alpha value is -1.61. The monoisotopic (exact) mass is 484 g/mol. The number of fused-ring (bicyclic) bond motifs is 1. The number of anilines is 1. The molecule has 1 amide bonds. The molecule has 1 aliphatic rings. The average Bonchev–Trinajstić information content (AvgIpc) is 3.30. The van der Waals surface area contributed by atoms with Crippen molar-refractivity contribution < 1.29 is 4.79 Å². The number of carbonyl (C=O) groups is 1. The molecule has 1 aromatic heterocycles. The first-order chi connectivity index (χ1) is 12.3. The number of hydrogen-bond donors (Lipinski definition) is 2. The van der Waals surface area contributed by atoms with Crippen LogP contribution in [0.2, 0.25) is 0 Å². The summed E-state index contributed by atoms with van der Waals surface area (Å²) in [7, 11) is 1.76. The molecule has 7 heteroatoms. The van der Waals surface area contributed by atoms with Gasteiger partial charge < -0.3 is 15.5 Å². The third-order valence-electron chi connectivity index (χ3n) is 4.28. The number of thiophene rings is 1. The van der Waals surface area contributed by atoms with Crippen LogP contribution in [0.3, 0.4) is 0 Å². The molecule has 0 saturated carbocycles. The normalized spacial score (nSPS) is 13.1. The van der Waals surface area contributed by atoms with Gasteiger partial charge in [0.1, 0.15) is 0 Å². The Kier molecular flexibility index (Phi) is 8.37. The van der Waals surface area contributed by atoms with Crippen LogP contribution in [-0.2, 0) is 17.8 Å². The third kappa shape index (κ3) is 5.44. The lowest BCUT2D eigenvalue weighted by molar-refractivity contribution is -0.118. The van der Waals surface area contributed by atoms with E-state index in [0.29, 0.717) is 6.42 Å². The summed E-state index contributed by atoms with van der Waals surface area (Å²) in [6, 6.07) is 12.3. The molecule has 1 aromatic carbocycles. The molecule has 26 heavy (non-hydrogen) atoms. The van der Waals surface area contributed by atoms with Crippen molar-refractivity contribution >= 4 is 52.9 Å². The van der Waals surface area contributed by atoms with E-state index in [1.165, 1.54) is 10.4 Å². The van der Waals surface area contributed by atoms with Crippen LogP contribution in [0.4, 0.5) is 5.69 Å². The summed E-state index contributed by atoms with van der Waals surface area (Å²) in [5, 5.41) is 8.62. The second-order valence-electron chi connectivity index (χ2n) is 5.96. The molecule has 0 bridgehead atoms. The summed E-state index contributed by atoms with van der Waals surface area (Å²) in [5.41, 5.74) is 2.35. The molecule has 0 spiro atoms. The lowest BCUT2D eigenvalue weighted by Gasteiger charge is -2.17. The third-order valence-corrected chi connectivity index (χ3v) is 5.16. The highest BCUT2D eigenvalue weighted by molar-refractivity contribution is 14.0. The fraction of sp³-hybridized carbons (Fsp3) is 0.368. The fourth-order valence-corrected chi connectivity index (χ4v) is 3.63. The number of amides is 1. The van der Waals surface area contributed by atoms with E-state index in [-0.39, 0.29) is 29.9 Å². The van der Waals surface area contributed by atoms with Crippen molar-refractivity contribution in [2.24, 2.45) is 4.99 Å². The number of carbonyl (C=O) groups excluding carboxylic acids is 1. The Bertz CT molecular complexity index is 733. The van der Waals surface area contributed by atoms with E-state index >= 15 is 0 Å². The number of nitrogens with one attached hydrogen (secondary N) is 2. The number of halogens is 1. The van der Waals surface area contributed by atoms with Crippen LogP contribution in [0, 0.1) is 0 Å². The van der Waals surface area contributed by atoms with Gasteiger partial charge in [0.25, 0.3) is 0 Å². The van der Waals surface area contributed by atoms with Crippen LogP contribution < -0.4 is 15.5 Å². The van der Waals surface area contributed by atoms with E-state index in [1.54, 1.807) is 18.4 Å². The summed E-state index contributed by atoms with van der Waals surface area (Å²) in [6.45, 7) is 2.29. The molecule has 5 nitrogen and oxygen atoms in total. The summed E-state index contributed by atoms with van der Waals surface area (Å²) in [6.07, 6.45) is 2.29. The van der Waals surface area contributed by atoms with Gasteiger partial charge >= 0.3 is 0 Å². The van der Waals surface area contributed by atoms with Crippen LogP contribution >= 0.6 is 35.3 Å². The average molecular weight is 484 g/mol. The molecule has 140 valence electrons. The lowest BCUT2D eigenvalue weighted by Crippen LogP contribution is -2.37. The molecule has 0 atom stereocenters. The molecular weight excluding hydrogens is 459 g/mol. The largest absolute Gasteiger partial charge is 0.356 e. The van der Waals surface area contributed by atoms with E-state index in [2.05, 4.69) is 33.1 Å². The maximum absolute atomic E-state index is 12.5. The number of guanidine groups is 1. The number of para-hydroxylation sites is 1. The van der Waals surface area contributed by atoms with Gasteiger partial charge in [0.15, 0.2) is 5.96 Å². The maximum atomic E-state index is 12.5. The van der Waals surface area contributed by atoms with Crippen molar-refractivity contribution in [2.45, 2.75) is 25.8 Å². The molecule has 0 aliphatic carbocycles. The van der Waals surface area contributed by atoms with E-state index in [0.717, 1.165) is 44.1 Å². The van der Waals surface area contributed by atoms with Crippen molar-refractivity contribution in [1.82, 2.24) is 10.6 Å². The van der Waals surface area contributed by atoms with Crippen molar-refractivity contribution in [3.05, 3.63) is 52.2 Å². The fourth-order valence-electron chi connectivity index (χ4n) is 2.98. The molecule has 0 saturated heterocycles. The summed E-state index contributed by atoms with van der Waals surface area (Å²) < 4.78 is 0. The Morgan fingerprint density at radius 3 is 2.85 bits per heavy atom. The van der Waals surface area contributed by atoms with Crippen molar-refractivity contribution in [3.63, 3.8) is 0 Å². The number of aliphatic imine (C=N–C) groups is 1. The van der Waals surface area contributed by atoms with Crippen LogP contribution in [-0.4, -0.2) is 32.0 Å². The molecule has 2 N–H and O–H groups in total. The Morgan fingerprint density at radius 2 is 2.08 bits per heavy atom. The van der Waals surface area contributed by atoms with Gasteiger partial charge in [-0.2, -0.15) is 0 Å². The minimum Gasteiger partial charge on any atom is -0.356 e. The van der Waals surface area contributed by atoms with Crippen LogP contribution in [0.15, 0.2) is 46.8 Å².